The molecule has 0 heterocycles. The number of amides is 1. The molecule has 0 aromatic heterocycles. The molecule has 1 aromatic rings. The Morgan fingerprint density at radius 1 is 1.24 bits per heavy atom. The van der Waals surface area contributed by atoms with Gasteiger partial charge in [-0.2, -0.15) is 0 Å². The third kappa shape index (κ3) is 7.09. The Morgan fingerprint density at radius 2 is 1.86 bits per heavy atom. The van der Waals surface area contributed by atoms with E-state index in [-0.39, 0.29) is 5.91 Å². The van der Waals surface area contributed by atoms with Crippen LogP contribution in [0.1, 0.15) is 26.3 Å². The van der Waals surface area contributed by atoms with Crippen molar-refractivity contribution < 1.29 is 14.3 Å². The molecule has 5 heteroatoms. The van der Waals surface area contributed by atoms with Crippen molar-refractivity contribution in [3.05, 3.63) is 40.4 Å². The fourth-order valence-electron chi connectivity index (χ4n) is 1.45. The van der Waals surface area contributed by atoms with Crippen molar-refractivity contribution in [2.75, 3.05) is 6.54 Å². The van der Waals surface area contributed by atoms with Gasteiger partial charge in [-0.25, -0.2) is 4.79 Å². The summed E-state index contributed by atoms with van der Waals surface area (Å²) in [7, 11) is 0. The smallest absolute Gasteiger partial charge is 0.331 e. The van der Waals surface area contributed by atoms with Gasteiger partial charge in [-0.05, 0) is 36.6 Å². The number of nitrogens with one attached hydrogen (secondary N) is 1. The maximum Gasteiger partial charge on any atom is 0.331 e. The van der Waals surface area contributed by atoms with E-state index in [0.29, 0.717) is 12.5 Å². The van der Waals surface area contributed by atoms with Crippen LogP contribution in [0.5, 0.6) is 0 Å². The highest BCUT2D eigenvalue weighted by molar-refractivity contribution is 9.10. The van der Waals surface area contributed by atoms with Crippen LogP contribution >= 0.6 is 15.9 Å². The van der Waals surface area contributed by atoms with Crippen LogP contribution in [0.3, 0.4) is 0 Å². The first-order valence-corrected chi connectivity index (χ1v) is 7.59. The third-order valence-corrected chi connectivity index (χ3v) is 3.16. The van der Waals surface area contributed by atoms with Crippen molar-refractivity contribution in [2.45, 2.75) is 26.9 Å². The van der Waals surface area contributed by atoms with Crippen molar-refractivity contribution in [3.63, 3.8) is 0 Å². The maximum absolute atomic E-state index is 11.7. The molecule has 0 bridgehead atoms. The standard InChI is InChI=1S/C16H20BrNO3/c1-11(2)10-18-16(20)12(3)21-15(19)9-6-13-4-7-14(17)8-5-13/h4-9,11-12H,10H2,1-3H3,(H,18,20)/b9-6+/t12-/m1/s1. The largest absolute Gasteiger partial charge is 0.449 e. The minimum atomic E-state index is -0.800. The molecule has 4 nitrogen and oxygen atoms in total. The zero-order valence-corrected chi connectivity index (χ0v) is 14.0. The number of rotatable bonds is 6. The Hall–Kier alpha value is -1.62. The van der Waals surface area contributed by atoms with E-state index < -0.39 is 12.1 Å². The zero-order chi connectivity index (χ0) is 15.8. The molecule has 0 radical (unpaired) electrons. The van der Waals surface area contributed by atoms with Gasteiger partial charge in [-0.3, -0.25) is 4.79 Å². The van der Waals surface area contributed by atoms with Gasteiger partial charge in [0.05, 0.1) is 0 Å². The van der Waals surface area contributed by atoms with Gasteiger partial charge in [0.25, 0.3) is 5.91 Å². The van der Waals surface area contributed by atoms with Gasteiger partial charge in [0.2, 0.25) is 0 Å². The number of hydrogen-bond donors (Lipinski definition) is 1. The Kier molecular flexibility index (Phi) is 7.15. The van der Waals surface area contributed by atoms with Crippen molar-refractivity contribution in [1.82, 2.24) is 5.32 Å². The third-order valence-electron chi connectivity index (χ3n) is 2.63. The Balaban J connectivity index is 2.45. The number of benzene rings is 1. The lowest BCUT2D eigenvalue weighted by Crippen LogP contribution is -2.37. The maximum atomic E-state index is 11.7. The van der Waals surface area contributed by atoms with Crippen molar-refractivity contribution >= 4 is 33.9 Å². The summed E-state index contributed by atoms with van der Waals surface area (Å²) in [5, 5.41) is 2.72. The van der Waals surface area contributed by atoms with E-state index in [2.05, 4.69) is 21.2 Å². The molecule has 0 saturated carbocycles. The summed E-state index contributed by atoms with van der Waals surface area (Å²) in [5.74, 6) is -0.464. The summed E-state index contributed by atoms with van der Waals surface area (Å²) in [6, 6.07) is 7.50. The van der Waals surface area contributed by atoms with Crippen LogP contribution in [0.4, 0.5) is 0 Å². The molecular weight excluding hydrogens is 334 g/mol. The van der Waals surface area contributed by atoms with E-state index in [9.17, 15) is 9.59 Å². The molecule has 0 spiro atoms. The summed E-state index contributed by atoms with van der Waals surface area (Å²) >= 11 is 3.34. The molecule has 1 amide bonds. The second-order valence-electron chi connectivity index (χ2n) is 5.10. The van der Waals surface area contributed by atoms with E-state index in [1.54, 1.807) is 13.0 Å². The highest BCUT2D eigenvalue weighted by Gasteiger charge is 2.16. The second kappa shape index (κ2) is 8.62. The average Bonchev–Trinajstić information content (AvgIpc) is 2.44. The average molecular weight is 354 g/mol. The normalized spacial score (nSPS) is 12.4. The minimum absolute atomic E-state index is 0.283. The molecule has 1 rings (SSSR count). The molecule has 1 N–H and O–H groups in total. The Labute approximate surface area is 133 Å². The summed E-state index contributed by atoms with van der Waals surface area (Å²) in [6.07, 6.45) is 2.16. The Morgan fingerprint density at radius 3 is 2.43 bits per heavy atom. The molecule has 0 saturated heterocycles. The van der Waals surface area contributed by atoms with Gasteiger partial charge in [0, 0.05) is 17.1 Å². The SMILES string of the molecule is CC(C)CNC(=O)[C@@H](C)OC(=O)/C=C/c1ccc(Br)cc1. The molecule has 0 aliphatic heterocycles. The quantitative estimate of drug-likeness (QED) is 0.631. The predicted molar refractivity (Wildman–Crippen MR) is 86.6 cm³/mol. The van der Waals surface area contributed by atoms with E-state index in [4.69, 9.17) is 4.74 Å². The van der Waals surface area contributed by atoms with E-state index in [1.807, 2.05) is 38.1 Å². The lowest BCUT2D eigenvalue weighted by atomic mass is 10.2. The van der Waals surface area contributed by atoms with Crippen LogP contribution in [0.15, 0.2) is 34.8 Å². The van der Waals surface area contributed by atoms with Crippen LogP contribution < -0.4 is 5.32 Å². The van der Waals surface area contributed by atoms with E-state index in [1.165, 1.54) is 6.08 Å². The fourth-order valence-corrected chi connectivity index (χ4v) is 1.72. The molecule has 114 valence electrons. The highest BCUT2D eigenvalue weighted by Crippen LogP contribution is 2.11. The first-order valence-electron chi connectivity index (χ1n) is 6.80. The number of hydrogen-bond acceptors (Lipinski definition) is 3. The highest BCUT2D eigenvalue weighted by atomic mass is 79.9. The second-order valence-corrected chi connectivity index (χ2v) is 6.02. The number of halogens is 1. The summed E-state index contributed by atoms with van der Waals surface area (Å²) in [5.41, 5.74) is 0.882. The first kappa shape index (κ1) is 17.4. The minimum Gasteiger partial charge on any atom is -0.449 e. The van der Waals surface area contributed by atoms with Gasteiger partial charge in [0.15, 0.2) is 6.10 Å². The Bertz CT molecular complexity index is 509. The summed E-state index contributed by atoms with van der Waals surface area (Å²) < 4.78 is 6.01. The molecule has 0 fully saturated rings. The zero-order valence-electron chi connectivity index (χ0n) is 12.4. The van der Waals surface area contributed by atoms with Crippen molar-refractivity contribution in [3.8, 4) is 0 Å². The van der Waals surface area contributed by atoms with E-state index in [0.717, 1.165) is 10.0 Å². The van der Waals surface area contributed by atoms with Crippen molar-refractivity contribution in [2.24, 2.45) is 5.92 Å². The molecule has 1 aromatic carbocycles. The molecule has 0 aliphatic carbocycles. The molecule has 0 aliphatic rings. The fraction of sp³-hybridized carbons (Fsp3) is 0.375. The molecule has 21 heavy (non-hydrogen) atoms. The van der Waals surface area contributed by atoms with Gasteiger partial charge < -0.3 is 10.1 Å². The van der Waals surface area contributed by atoms with Gasteiger partial charge in [-0.15, -0.1) is 0 Å². The molecule has 0 unspecified atom stereocenters. The lowest BCUT2D eigenvalue weighted by Gasteiger charge is -2.13. The van der Waals surface area contributed by atoms with Crippen LogP contribution in [0.25, 0.3) is 6.08 Å². The molecule has 1 atom stereocenters. The monoisotopic (exact) mass is 353 g/mol. The van der Waals surface area contributed by atoms with Gasteiger partial charge in [0.1, 0.15) is 0 Å². The van der Waals surface area contributed by atoms with Crippen LogP contribution in [-0.2, 0) is 14.3 Å². The topological polar surface area (TPSA) is 55.4 Å². The predicted octanol–water partition coefficient (Wildman–Crippen LogP) is 3.17. The van der Waals surface area contributed by atoms with Crippen LogP contribution in [-0.4, -0.2) is 24.5 Å². The molecular formula is C16H20BrNO3. The summed E-state index contributed by atoms with van der Waals surface area (Å²) in [6.45, 7) is 6.12. The number of esters is 1. The summed E-state index contributed by atoms with van der Waals surface area (Å²) in [4.78, 5) is 23.3. The van der Waals surface area contributed by atoms with Crippen molar-refractivity contribution in [1.29, 1.82) is 0 Å². The van der Waals surface area contributed by atoms with Crippen LogP contribution in [0, 0.1) is 5.92 Å². The lowest BCUT2D eigenvalue weighted by molar-refractivity contribution is -0.150. The van der Waals surface area contributed by atoms with Gasteiger partial charge >= 0.3 is 5.97 Å². The van der Waals surface area contributed by atoms with Gasteiger partial charge in [-0.1, -0.05) is 41.9 Å². The first-order chi connectivity index (χ1) is 9.88. The number of carbonyl (C=O) groups is 2. The van der Waals surface area contributed by atoms with Crippen LogP contribution in [0.2, 0.25) is 0 Å². The number of ether oxygens (including phenoxy) is 1. The van der Waals surface area contributed by atoms with E-state index >= 15 is 0 Å². The number of carbonyl (C=O) groups excluding carboxylic acids is 2.